The predicted molar refractivity (Wildman–Crippen MR) is 104 cm³/mol. The van der Waals surface area contributed by atoms with Crippen LogP contribution < -0.4 is 10.9 Å². The van der Waals surface area contributed by atoms with Crippen molar-refractivity contribution in [1.82, 2.24) is 24.1 Å². The molecule has 1 saturated carbocycles. The number of carbonyl (C=O) groups excluding carboxylic acids is 1. The van der Waals surface area contributed by atoms with E-state index in [9.17, 15) is 14.0 Å². The molecule has 9 heteroatoms. The Morgan fingerprint density at radius 1 is 1.24 bits per heavy atom. The third-order valence-electron chi connectivity index (χ3n) is 5.27. The minimum absolute atomic E-state index is 0.0911. The topological polar surface area (TPSA) is 94.2 Å². The summed E-state index contributed by atoms with van der Waals surface area (Å²) in [6.45, 7) is -0.0911. The quantitative estimate of drug-likeness (QED) is 0.576. The van der Waals surface area contributed by atoms with Gasteiger partial charge in [0.25, 0.3) is 5.56 Å². The molecule has 4 aromatic rings. The van der Waals surface area contributed by atoms with Crippen molar-refractivity contribution in [3.63, 3.8) is 0 Å². The third kappa shape index (κ3) is 3.04. The highest BCUT2D eigenvalue weighted by molar-refractivity contribution is 5.91. The van der Waals surface area contributed by atoms with Crippen molar-refractivity contribution in [3.8, 4) is 0 Å². The summed E-state index contributed by atoms with van der Waals surface area (Å²) in [7, 11) is 0. The maximum Gasteiger partial charge on any atom is 0.283 e. The van der Waals surface area contributed by atoms with Gasteiger partial charge in [0, 0.05) is 18.2 Å². The van der Waals surface area contributed by atoms with Crippen molar-refractivity contribution >= 4 is 28.4 Å². The largest absolute Gasteiger partial charge is 0.309 e. The minimum atomic E-state index is -0.483. The Bertz CT molecular complexity index is 1290. The Kier molecular flexibility index (Phi) is 4.08. The number of aromatic nitrogens is 5. The summed E-state index contributed by atoms with van der Waals surface area (Å²) < 4.78 is 16.1. The summed E-state index contributed by atoms with van der Waals surface area (Å²) in [4.78, 5) is 33.7. The van der Waals surface area contributed by atoms with Crippen LogP contribution in [0.3, 0.4) is 0 Å². The fraction of sp³-hybridized carbons (Fsp3) is 0.250. The first kappa shape index (κ1) is 17.5. The van der Waals surface area contributed by atoms with Crippen LogP contribution in [0.5, 0.6) is 0 Å². The van der Waals surface area contributed by atoms with Crippen LogP contribution in [0.25, 0.3) is 16.7 Å². The first-order valence-electron chi connectivity index (χ1n) is 9.39. The van der Waals surface area contributed by atoms with Crippen LogP contribution in [0.1, 0.15) is 30.9 Å². The molecule has 0 radical (unpaired) electrons. The van der Waals surface area contributed by atoms with Crippen LogP contribution in [0.2, 0.25) is 0 Å². The molecule has 4 aromatic heterocycles. The second-order valence-corrected chi connectivity index (χ2v) is 7.14. The van der Waals surface area contributed by atoms with Crippen LogP contribution >= 0.6 is 0 Å². The number of nitrogens with zero attached hydrogens (tertiary/aromatic N) is 5. The van der Waals surface area contributed by atoms with Crippen LogP contribution in [0.15, 0.2) is 47.5 Å². The second kappa shape index (κ2) is 6.77. The van der Waals surface area contributed by atoms with Gasteiger partial charge >= 0.3 is 0 Å². The molecular weight excluding hydrogens is 375 g/mol. The molecule has 1 aliphatic carbocycles. The van der Waals surface area contributed by atoms with Gasteiger partial charge in [-0.1, -0.05) is 6.42 Å². The number of amides is 1. The van der Waals surface area contributed by atoms with E-state index in [2.05, 4.69) is 20.4 Å². The number of pyridine rings is 2. The van der Waals surface area contributed by atoms with Gasteiger partial charge in [0.05, 0.1) is 17.3 Å². The van der Waals surface area contributed by atoms with Crippen molar-refractivity contribution < 1.29 is 9.18 Å². The molecule has 1 aliphatic rings. The van der Waals surface area contributed by atoms with Gasteiger partial charge in [0.15, 0.2) is 0 Å². The summed E-state index contributed by atoms with van der Waals surface area (Å²) in [5, 5.41) is 7.54. The Hall–Kier alpha value is -3.62. The van der Waals surface area contributed by atoms with Crippen LogP contribution in [-0.2, 0) is 11.3 Å². The lowest BCUT2D eigenvalue weighted by atomic mass is 9.83. The van der Waals surface area contributed by atoms with Crippen molar-refractivity contribution in [2.45, 2.75) is 31.7 Å². The second-order valence-electron chi connectivity index (χ2n) is 7.14. The first-order valence-corrected chi connectivity index (χ1v) is 9.39. The molecule has 4 heterocycles. The standard InChI is InChI=1S/C20H17FN6O2/c21-13-6-7-16(23-10-13)24-17(28)11-26-18-9-15(12-3-1-4-12)25-27(18)20(29)14-5-2-8-22-19(14)26/h2,5-10,12H,1,3-4,11H2,(H,23,24,28). The lowest BCUT2D eigenvalue weighted by Gasteiger charge is -2.22. The Labute approximate surface area is 164 Å². The summed E-state index contributed by atoms with van der Waals surface area (Å²) >= 11 is 0. The van der Waals surface area contributed by atoms with Crippen molar-refractivity contribution in [2.75, 3.05) is 5.32 Å². The van der Waals surface area contributed by atoms with Crippen LogP contribution in [0, 0.1) is 5.82 Å². The highest BCUT2D eigenvalue weighted by Crippen LogP contribution is 2.35. The highest BCUT2D eigenvalue weighted by atomic mass is 19.1. The number of halogens is 1. The van der Waals surface area contributed by atoms with E-state index in [-0.39, 0.29) is 23.8 Å². The van der Waals surface area contributed by atoms with Crippen LogP contribution in [-0.4, -0.2) is 30.1 Å². The zero-order chi connectivity index (χ0) is 20.0. The fourth-order valence-electron chi connectivity index (χ4n) is 3.57. The smallest absolute Gasteiger partial charge is 0.283 e. The van der Waals surface area contributed by atoms with Gasteiger partial charge in [-0.05, 0) is 37.1 Å². The maximum atomic E-state index is 13.0. The van der Waals surface area contributed by atoms with Crippen molar-refractivity contribution in [3.05, 3.63) is 64.6 Å². The van der Waals surface area contributed by atoms with E-state index >= 15 is 0 Å². The van der Waals surface area contributed by atoms with Crippen molar-refractivity contribution in [1.29, 1.82) is 0 Å². The number of carbonyl (C=O) groups is 1. The number of hydrogen-bond acceptors (Lipinski definition) is 5. The minimum Gasteiger partial charge on any atom is -0.309 e. The molecule has 146 valence electrons. The lowest BCUT2D eigenvalue weighted by Crippen LogP contribution is -2.25. The molecule has 1 fully saturated rings. The van der Waals surface area contributed by atoms with E-state index < -0.39 is 5.82 Å². The Morgan fingerprint density at radius 3 is 2.83 bits per heavy atom. The number of anilines is 1. The molecule has 8 nitrogen and oxygen atoms in total. The Morgan fingerprint density at radius 2 is 2.10 bits per heavy atom. The SMILES string of the molecule is O=C(Cn1c2ncccc2c(=O)n2nc(C3CCC3)cc12)Nc1ccc(F)cn1. The number of hydrogen-bond donors (Lipinski definition) is 1. The van der Waals surface area contributed by atoms with Gasteiger partial charge in [-0.3, -0.25) is 9.59 Å². The van der Waals surface area contributed by atoms with Gasteiger partial charge in [-0.25, -0.2) is 14.4 Å². The summed E-state index contributed by atoms with van der Waals surface area (Å²) in [6, 6.07) is 7.82. The average molecular weight is 392 g/mol. The van der Waals surface area contributed by atoms with E-state index in [0.29, 0.717) is 22.6 Å². The molecule has 0 aromatic carbocycles. The first-order chi connectivity index (χ1) is 14.1. The summed E-state index contributed by atoms with van der Waals surface area (Å²) in [6.07, 6.45) is 5.86. The van der Waals surface area contributed by atoms with E-state index in [1.165, 1.54) is 16.6 Å². The van der Waals surface area contributed by atoms with Gasteiger partial charge in [-0.2, -0.15) is 9.61 Å². The molecule has 0 spiro atoms. The number of fused-ring (bicyclic) bond motifs is 2. The molecule has 0 bridgehead atoms. The molecule has 0 saturated heterocycles. The lowest BCUT2D eigenvalue weighted by molar-refractivity contribution is -0.116. The summed E-state index contributed by atoms with van der Waals surface area (Å²) in [5.41, 5.74) is 1.53. The van der Waals surface area contributed by atoms with E-state index in [1.54, 1.807) is 22.9 Å². The van der Waals surface area contributed by atoms with Gasteiger partial charge in [0.1, 0.15) is 29.5 Å². The monoisotopic (exact) mass is 392 g/mol. The molecule has 1 amide bonds. The van der Waals surface area contributed by atoms with E-state index in [4.69, 9.17) is 0 Å². The number of nitrogens with one attached hydrogen (secondary N) is 1. The van der Waals surface area contributed by atoms with Gasteiger partial charge < -0.3 is 9.88 Å². The molecule has 5 rings (SSSR count). The van der Waals surface area contributed by atoms with Crippen molar-refractivity contribution in [2.24, 2.45) is 0 Å². The zero-order valence-electron chi connectivity index (χ0n) is 15.4. The molecule has 0 aliphatic heterocycles. The predicted octanol–water partition coefficient (Wildman–Crippen LogP) is 2.48. The molecule has 1 N–H and O–H groups in total. The highest BCUT2D eigenvalue weighted by Gasteiger charge is 2.24. The van der Waals surface area contributed by atoms with Crippen LogP contribution in [0.4, 0.5) is 10.2 Å². The fourth-order valence-corrected chi connectivity index (χ4v) is 3.57. The molecule has 29 heavy (non-hydrogen) atoms. The normalized spacial score (nSPS) is 14.2. The maximum absolute atomic E-state index is 13.0. The molecular formula is C20H17FN6O2. The van der Waals surface area contributed by atoms with E-state index in [1.807, 2.05) is 6.07 Å². The summed E-state index contributed by atoms with van der Waals surface area (Å²) in [5.74, 6) is -0.262. The van der Waals surface area contributed by atoms with Gasteiger partial charge in [0.2, 0.25) is 5.91 Å². The van der Waals surface area contributed by atoms with Gasteiger partial charge in [-0.15, -0.1) is 0 Å². The third-order valence-corrected chi connectivity index (χ3v) is 5.27. The number of rotatable bonds is 4. The zero-order valence-corrected chi connectivity index (χ0v) is 15.4. The molecule has 0 atom stereocenters. The average Bonchev–Trinajstić information content (AvgIpc) is 3.10. The Balaban J connectivity index is 1.59. The molecule has 0 unspecified atom stereocenters. The van der Waals surface area contributed by atoms with E-state index in [0.717, 1.165) is 31.2 Å².